The Kier molecular flexibility index (Phi) is 3.89. The number of hydrogen-bond acceptors (Lipinski definition) is 2. The van der Waals surface area contributed by atoms with Crippen molar-refractivity contribution < 1.29 is 0 Å². The molecule has 0 radical (unpaired) electrons. The number of unbranched alkanes of at least 4 members (excludes halogenated alkanes) is 1. The predicted octanol–water partition coefficient (Wildman–Crippen LogP) is 3.12. The first-order chi connectivity index (χ1) is 7.92. The first-order valence-electron chi connectivity index (χ1n) is 5.95. The van der Waals surface area contributed by atoms with Crippen molar-refractivity contribution in [3.8, 4) is 0 Å². The lowest BCUT2D eigenvalue weighted by Crippen LogP contribution is -2.14. The molecule has 84 valence electrons. The molecule has 0 unspecified atom stereocenters. The van der Waals surface area contributed by atoms with Crippen LogP contribution in [0.4, 0.5) is 0 Å². The van der Waals surface area contributed by atoms with Crippen molar-refractivity contribution in [3.05, 3.63) is 42.1 Å². The molecular formula is C14H18N2. The molecule has 0 amide bonds. The van der Waals surface area contributed by atoms with Crippen molar-refractivity contribution >= 4 is 10.9 Å². The topological polar surface area (TPSA) is 24.9 Å². The first kappa shape index (κ1) is 11.1. The molecule has 2 heteroatoms. The highest BCUT2D eigenvalue weighted by Crippen LogP contribution is 2.15. The van der Waals surface area contributed by atoms with E-state index in [2.05, 4.69) is 41.5 Å². The summed E-state index contributed by atoms with van der Waals surface area (Å²) in [6, 6.07) is 10.4. The van der Waals surface area contributed by atoms with Gasteiger partial charge in [-0.1, -0.05) is 31.5 Å². The van der Waals surface area contributed by atoms with Crippen LogP contribution in [0.1, 0.15) is 25.3 Å². The van der Waals surface area contributed by atoms with E-state index < -0.39 is 0 Å². The molecule has 0 fully saturated rings. The second-order valence-electron chi connectivity index (χ2n) is 4.02. The van der Waals surface area contributed by atoms with Gasteiger partial charge in [0.1, 0.15) is 0 Å². The Bertz CT molecular complexity index is 446. The van der Waals surface area contributed by atoms with Crippen molar-refractivity contribution in [3.63, 3.8) is 0 Å². The van der Waals surface area contributed by atoms with Crippen molar-refractivity contribution in [2.45, 2.75) is 26.3 Å². The number of rotatable bonds is 5. The number of hydrogen-bond donors (Lipinski definition) is 1. The Balaban J connectivity index is 2.11. The van der Waals surface area contributed by atoms with Crippen LogP contribution in [0.2, 0.25) is 0 Å². The van der Waals surface area contributed by atoms with Gasteiger partial charge in [-0.25, -0.2) is 0 Å². The molecule has 2 aromatic rings. The molecule has 0 aliphatic heterocycles. The Morgan fingerprint density at radius 2 is 2.12 bits per heavy atom. The Morgan fingerprint density at radius 1 is 1.19 bits per heavy atom. The van der Waals surface area contributed by atoms with Gasteiger partial charge in [0.05, 0.1) is 5.52 Å². The van der Waals surface area contributed by atoms with Gasteiger partial charge >= 0.3 is 0 Å². The number of benzene rings is 1. The van der Waals surface area contributed by atoms with E-state index in [1.807, 2.05) is 12.3 Å². The summed E-state index contributed by atoms with van der Waals surface area (Å²) in [6.45, 7) is 4.24. The minimum atomic E-state index is 0.934. The fourth-order valence-corrected chi connectivity index (χ4v) is 1.85. The van der Waals surface area contributed by atoms with Gasteiger partial charge in [-0.15, -0.1) is 0 Å². The molecule has 16 heavy (non-hydrogen) atoms. The van der Waals surface area contributed by atoms with Crippen LogP contribution < -0.4 is 5.32 Å². The van der Waals surface area contributed by atoms with Crippen LogP contribution in [0.15, 0.2) is 36.5 Å². The molecular weight excluding hydrogens is 196 g/mol. The summed E-state index contributed by atoms with van der Waals surface area (Å²) >= 11 is 0. The number of fused-ring (bicyclic) bond motifs is 1. The maximum absolute atomic E-state index is 4.36. The van der Waals surface area contributed by atoms with Crippen molar-refractivity contribution in [1.29, 1.82) is 0 Å². The zero-order chi connectivity index (χ0) is 11.2. The predicted molar refractivity (Wildman–Crippen MR) is 68.4 cm³/mol. The molecule has 0 saturated carbocycles. The molecule has 0 bridgehead atoms. The van der Waals surface area contributed by atoms with Crippen LogP contribution in [0.3, 0.4) is 0 Å². The van der Waals surface area contributed by atoms with Crippen LogP contribution in [0.25, 0.3) is 10.9 Å². The maximum atomic E-state index is 4.36. The molecule has 0 atom stereocenters. The summed E-state index contributed by atoms with van der Waals surface area (Å²) < 4.78 is 0. The lowest BCUT2D eigenvalue weighted by molar-refractivity contribution is 0.643. The highest BCUT2D eigenvalue weighted by atomic mass is 14.8. The van der Waals surface area contributed by atoms with E-state index in [-0.39, 0.29) is 0 Å². The molecule has 1 aromatic heterocycles. The average Bonchev–Trinajstić information content (AvgIpc) is 2.35. The van der Waals surface area contributed by atoms with Crippen LogP contribution in [0, 0.1) is 0 Å². The summed E-state index contributed by atoms with van der Waals surface area (Å²) in [7, 11) is 0. The molecule has 2 nitrogen and oxygen atoms in total. The maximum Gasteiger partial charge on any atom is 0.0705 e. The van der Waals surface area contributed by atoms with Crippen molar-refractivity contribution in [1.82, 2.24) is 10.3 Å². The summed E-state index contributed by atoms with van der Waals surface area (Å²) in [5.41, 5.74) is 2.42. The minimum Gasteiger partial charge on any atom is -0.313 e. The van der Waals surface area contributed by atoms with Crippen molar-refractivity contribution in [2.24, 2.45) is 0 Å². The van der Waals surface area contributed by atoms with Gasteiger partial charge < -0.3 is 5.32 Å². The SMILES string of the molecule is CCCCNCc1cccc2ncccc12. The highest BCUT2D eigenvalue weighted by molar-refractivity contribution is 5.81. The average molecular weight is 214 g/mol. The third-order valence-corrected chi connectivity index (χ3v) is 2.76. The number of pyridine rings is 1. The second-order valence-corrected chi connectivity index (χ2v) is 4.02. The van der Waals surface area contributed by atoms with Gasteiger partial charge in [-0.3, -0.25) is 4.98 Å². The monoisotopic (exact) mass is 214 g/mol. The van der Waals surface area contributed by atoms with E-state index in [1.54, 1.807) is 0 Å². The molecule has 1 heterocycles. The van der Waals surface area contributed by atoms with Gasteiger partial charge in [0.15, 0.2) is 0 Å². The molecule has 2 rings (SSSR count). The minimum absolute atomic E-state index is 0.934. The molecule has 1 aromatic carbocycles. The standard InChI is InChI=1S/C14H18N2/c1-2-3-9-15-11-12-6-4-8-14-13(12)7-5-10-16-14/h4-8,10,15H,2-3,9,11H2,1H3. The zero-order valence-electron chi connectivity index (χ0n) is 9.74. The number of nitrogens with zero attached hydrogens (tertiary/aromatic N) is 1. The highest BCUT2D eigenvalue weighted by Gasteiger charge is 1.99. The third kappa shape index (κ3) is 2.58. The van der Waals surface area contributed by atoms with Crippen molar-refractivity contribution in [2.75, 3.05) is 6.54 Å². The molecule has 0 aliphatic rings. The Hall–Kier alpha value is -1.41. The van der Waals surface area contributed by atoms with Crippen LogP contribution >= 0.6 is 0 Å². The molecule has 0 saturated heterocycles. The van der Waals surface area contributed by atoms with E-state index >= 15 is 0 Å². The Morgan fingerprint density at radius 3 is 3.00 bits per heavy atom. The second kappa shape index (κ2) is 5.61. The van der Waals surface area contributed by atoms with E-state index in [0.29, 0.717) is 0 Å². The van der Waals surface area contributed by atoms with E-state index in [1.165, 1.54) is 23.8 Å². The Labute approximate surface area is 96.7 Å². The van der Waals surface area contributed by atoms with E-state index in [0.717, 1.165) is 18.6 Å². The normalized spacial score (nSPS) is 10.8. The van der Waals surface area contributed by atoms with Crippen LogP contribution in [0.5, 0.6) is 0 Å². The summed E-state index contributed by atoms with van der Waals surface area (Å²) in [5.74, 6) is 0. The molecule has 0 aliphatic carbocycles. The molecule has 0 spiro atoms. The van der Waals surface area contributed by atoms with Gasteiger partial charge in [-0.05, 0) is 30.7 Å². The van der Waals surface area contributed by atoms with Crippen LogP contribution in [-0.4, -0.2) is 11.5 Å². The largest absolute Gasteiger partial charge is 0.313 e. The smallest absolute Gasteiger partial charge is 0.0705 e. The quantitative estimate of drug-likeness (QED) is 0.773. The molecule has 1 N–H and O–H groups in total. The first-order valence-corrected chi connectivity index (χ1v) is 5.95. The van der Waals surface area contributed by atoms with E-state index in [4.69, 9.17) is 0 Å². The summed E-state index contributed by atoms with van der Waals surface area (Å²) in [6.07, 6.45) is 4.32. The van der Waals surface area contributed by atoms with Gasteiger partial charge in [-0.2, -0.15) is 0 Å². The van der Waals surface area contributed by atoms with Gasteiger partial charge in [0.2, 0.25) is 0 Å². The number of aromatic nitrogens is 1. The number of nitrogens with one attached hydrogen (secondary N) is 1. The van der Waals surface area contributed by atoms with Gasteiger partial charge in [0, 0.05) is 18.1 Å². The van der Waals surface area contributed by atoms with Crippen LogP contribution in [-0.2, 0) is 6.54 Å². The zero-order valence-corrected chi connectivity index (χ0v) is 9.74. The van der Waals surface area contributed by atoms with Gasteiger partial charge in [0.25, 0.3) is 0 Å². The summed E-state index contributed by atoms with van der Waals surface area (Å²) in [4.78, 5) is 4.36. The lowest BCUT2D eigenvalue weighted by Gasteiger charge is -2.07. The summed E-state index contributed by atoms with van der Waals surface area (Å²) in [5, 5.41) is 4.73. The van der Waals surface area contributed by atoms with E-state index in [9.17, 15) is 0 Å². The third-order valence-electron chi connectivity index (χ3n) is 2.76. The fourth-order valence-electron chi connectivity index (χ4n) is 1.85. The lowest BCUT2D eigenvalue weighted by atomic mass is 10.1. The fraction of sp³-hybridized carbons (Fsp3) is 0.357.